The minimum absolute atomic E-state index is 0.0335. The van der Waals surface area contributed by atoms with Crippen LogP contribution in [-0.4, -0.2) is 29.2 Å². The molecule has 174 valence electrons. The van der Waals surface area contributed by atoms with Crippen molar-refractivity contribution in [2.24, 2.45) is 0 Å². The average molecular weight is 483 g/mol. The number of carbonyl (C=O) groups is 3. The van der Waals surface area contributed by atoms with Gasteiger partial charge in [0.15, 0.2) is 0 Å². The molecule has 34 heavy (non-hydrogen) atoms. The minimum Gasteiger partial charge on any atom is -0.489 e. The van der Waals surface area contributed by atoms with Crippen LogP contribution in [0.15, 0.2) is 72.8 Å². The van der Waals surface area contributed by atoms with Gasteiger partial charge in [-0.15, -0.1) is 0 Å². The van der Waals surface area contributed by atoms with Crippen molar-refractivity contribution in [3.8, 4) is 5.75 Å². The number of carbonyl (C=O) groups excluding carboxylic acids is 3. The molecule has 0 saturated carbocycles. The van der Waals surface area contributed by atoms with Gasteiger partial charge in [0.2, 0.25) is 0 Å². The Morgan fingerprint density at radius 1 is 0.882 bits per heavy atom. The zero-order valence-corrected chi connectivity index (χ0v) is 18.4. The van der Waals surface area contributed by atoms with Crippen molar-refractivity contribution < 1.29 is 24.0 Å². The van der Waals surface area contributed by atoms with E-state index in [9.17, 15) is 24.5 Å². The zero-order chi connectivity index (χ0) is 24.5. The summed E-state index contributed by atoms with van der Waals surface area (Å²) in [5, 5.41) is 13.7. The van der Waals surface area contributed by atoms with Gasteiger partial charge in [-0.2, -0.15) is 0 Å². The number of ether oxygens (including phenoxy) is 1. The Labute approximate surface area is 199 Å². The lowest BCUT2D eigenvalue weighted by Gasteiger charge is -2.10. The summed E-state index contributed by atoms with van der Waals surface area (Å²) in [5.41, 5.74) is 5.36. The Morgan fingerprint density at radius 2 is 1.59 bits per heavy atom. The number of nitrogens with zero attached hydrogens (tertiary/aromatic N) is 1. The van der Waals surface area contributed by atoms with Gasteiger partial charge in [-0.1, -0.05) is 29.8 Å². The van der Waals surface area contributed by atoms with Gasteiger partial charge in [0.1, 0.15) is 12.4 Å². The molecule has 0 aliphatic heterocycles. The highest BCUT2D eigenvalue weighted by Crippen LogP contribution is 2.17. The van der Waals surface area contributed by atoms with Crippen LogP contribution in [0.4, 0.5) is 5.69 Å². The third kappa shape index (κ3) is 7.04. The molecule has 3 aromatic rings. The van der Waals surface area contributed by atoms with Crippen LogP contribution < -0.4 is 20.9 Å². The highest BCUT2D eigenvalue weighted by atomic mass is 35.5. The van der Waals surface area contributed by atoms with Crippen LogP contribution in [0.2, 0.25) is 5.02 Å². The third-order valence-electron chi connectivity index (χ3n) is 4.48. The number of nitrogens with one attached hydrogen (secondary N) is 3. The predicted octanol–water partition coefficient (Wildman–Crippen LogP) is 3.02. The number of rotatable bonds is 8. The maximum atomic E-state index is 12.2. The Kier molecular flexibility index (Phi) is 8.14. The van der Waals surface area contributed by atoms with Gasteiger partial charge in [0.25, 0.3) is 23.4 Å². The Hall–Kier alpha value is -4.44. The number of hydrogen-bond acceptors (Lipinski definition) is 6. The summed E-state index contributed by atoms with van der Waals surface area (Å²) >= 11 is 5.83. The van der Waals surface area contributed by atoms with Crippen LogP contribution >= 0.6 is 11.6 Å². The van der Waals surface area contributed by atoms with Gasteiger partial charge in [-0.3, -0.25) is 35.3 Å². The van der Waals surface area contributed by atoms with Gasteiger partial charge in [0, 0.05) is 28.3 Å². The van der Waals surface area contributed by atoms with Gasteiger partial charge >= 0.3 is 0 Å². The summed E-state index contributed by atoms with van der Waals surface area (Å²) in [6.07, 6.45) is 0. The minimum atomic E-state index is -0.680. The molecule has 0 heterocycles. The van der Waals surface area contributed by atoms with E-state index in [0.717, 1.165) is 11.6 Å². The number of hydrazine groups is 1. The molecule has 0 radical (unpaired) electrons. The van der Waals surface area contributed by atoms with E-state index in [1.54, 1.807) is 48.5 Å². The normalized spacial score (nSPS) is 10.1. The summed E-state index contributed by atoms with van der Waals surface area (Å²) in [6, 6.07) is 18.6. The van der Waals surface area contributed by atoms with Crippen molar-refractivity contribution in [1.82, 2.24) is 16.2 Å². The molecule has 0 aliphatic carbocycles. The quantitative estimate of drug-likeness (QED) is 0.333. The number of benzene rings is 3. The van der Waals surface area contributed by atoms with Crippen molar-refractivity contribution in [2.45, 2.75) is 6.61 Å². The number of hydrogen-bond donors (Lipinski definition) is 3. The first-order valence-electron chi connectivity index (χ1n) is 9.91. The van der Waals surface area contributed by atoms with Gasteiger partial charge < -0.3 is 10.1 Å². The van der Waals surface area contributed by atoms with E-state index >= 15 is 0 Å². The van der Waals surface area contributed by atoms with Gasteiger partial charge in [-0.25, -0.2) is 0 Å². The standard InChI is InChI=1S/C23H19ClN4O6/c24-18-8-10-20(11-9-18)34-14-15-4-6-16(7-5-15)23(31)27-26-21(29)13-25-22(30)17-2-1-3-19(12-17)28(32)33/h1-12H,13-14H2,(H,25,30)(H,26,29)(H,27,31). The second-order valence-corrected chi connectivity index (χ2v) is 7.37. The third-order valence-corrected chi connectivity index (χ3v) is 4.73. The van der Waals surface area contributed by atoms with E-state index in [-0.39, 0.29) is 11.3 Å². The number of amides is 3. The Bertz CT molecular complexity index is 1200. The van der Waals surface area contributed by atoms with Crippen molar-refractivity contribution in [3.63, 3.8) is 0 Å². The maximum Gasteiger partial charge on any atom is 0.270 e. The highest BCUT2D eigenvalue weighted by molar-refractivity contribution is 6.30. The molecule has 0 fully saturated rings. The van der Waals surface area contributed by atoms with Crippen LogP contribution in [-0.2, 0) is 11.4 Å². The smallest absolute Gasteiger partial charge is 0.270 e. The SMILES string of the molecule is O=C(CNC(=O)c1cccc([N+](=O)[O-])c1)NNC(=O)c1ccc(COc2ccc(Cl)cc2)cc1. The van der Waals surface area contributed by atoms with E-state index in [1.807, 2.05) is 0 Å². The largest absolute Gasteiger partial charge is 0.489 e. The van der Waals surface area contributed by atoms with E-state index in [0.29, 0.717) is 22.9 Å². The second-order valence-electron chi connectivity index (χ2n) is 6.93. The molecule has 3 N–H and O–H groups in total. The molecule has 0 aromatic heterocycles. The van der Waals surface area contributed by atoms with Crippen LogP contribution in [0.3, 0.4) is 0 Å². The molecule has 0 spiro atoms. The van der Waals surface area contributed by atoms with E-state index < -0.39 is 29.2 Å². The van der Waals surface area contributed by atoms with Crippen LogP contribution in [0.1, 0.15) is 26.3 Å². The fourth-order valence-corrected chi connectivity index (χ4v) is 2.84. The summed E-state index contributed by atoms with van der Waals surface area (Å²) in [4.78, 5) is 46.3. The molecule has 0 unspecified atom stereocenters. The Balaban J connectivity index is 1.42. The molecule has 0 aliphatic rings. The fraction of sp³-hybridized carbons (Fsp3) is 0.0870. The number of halogens is 1. The highest BCUT2D eigenvalue weighted by Gasteiger charge is 2.13. The average Bonchev–Trinajstić information content (AvgIpc) is 2.85. The van der Waals surface area contributed by atoms with Crippen LogP contribution in [0.5, 0.6) is 5.75 Å². The molecular weight excluding hydrogens is 464 g/mol. The summed E-state index contributed by atoms with van der Waals surface area (Å²) in [7, 11) is 0. The van der Waals surface area contributed by atoms with E-state index in [2.05, 4.69) is 16.2 Å². The first kappa shape index (κ1) is 24.2. The number of nitro benzene ring substituents is 1. The van der Waals surface area contributed by atoms with Gasteiger partial charge in [-0.05, 0) is 48.0 Å². The maximum absolute atomic E-state index is 12.2. The molecule has 3 rings (SSSR count). The van der Waals surface area contributed by atoms with Crippen molar-refractivity contribution in [1.29, 1.82) is 0 Å². The monoisotopic (exact) mass is 482 g/mol. The Morgan fingerprint density at radius 3 is 2.26 bits per heavy atom. The molecule has 0 atom stereocenters. The first-order valence-corrected chi connectivity index (χ1v) is 10.3. The molecule has 3 aromatic carbocycles. The molecule has 0 bridgehead atoms. The summed E-state index contributed by atoms with van der Waals surface area (Å²) < 4.78 is 5.64. The van der Waals surface area contributed by atoms with Crippen LogP contribution in [0, 0.1) is 10.1 Å². The molecule has 0 saturated heterocycles. The van der Waals surface area contributed by atoms with Crippen molar-refractivity contribution >= 4 is 35.0 Å². The van der Waals surface area contributed by atoms with Gasteiger partial charge in [0.05, 0.1) is 11.5 Å². The summed E-state index contributed by atoms with van der Waals surface area (Å²) in [5.74, 6) is -1.24. The van der Waals surface area contributed by atoms with E-state index in [4.69, 9.17) is 16.3 Å². The summed E-state index contributed by atoms with van der Waals surface area (Å²) in [6.45, 7) is -0.146. The first-order chi connectivity index (χ1) is 16.3. The zero-order valence-electron chi connectivity index (χ0n) is 17.6. The van der Waals surface area contributed by atoms with Crippen molar-refractivity contribution in [2.75, 3.05) is 6.54 Å². The topological polar surface area (TPSA) is 140 Å². The van der Waals surface area contributed by atoms with E-state index in [1.165, 1.54) is 18.2 Å². The molecule has 3 amide bonds. The predicted molar refractivity (Wildman–Crippen MR) is 123 cm³/mol. The second kappa shape index (κ2) is 11.4. The lowest BCUT2D eigenvalue weighted by Crippen LogP contribution is -2.46. The lowest BCUT2D eigenvalue weighted by atomic mass is 10.1. The van der Waals surface area contributed by atoms with Crippen molar-refractivity contribution in [3.05, 3.63) is 105 Å². The molecular formula is C23H19ClN4O6. The van der Waals surface area contributed by atoms with Crippen LogP contribution in [0.25, 0.3) is 0 Å². The number of non-ortho nitro benzene ring substituents is 1. The number of nitro groups is 1. The lowest BCUT2D eigenvalue weighted by molar-refractivity contribution is -0.384. The molecule has 10 nitrogen and oxygen atoms in total. The molecule has 11 heteroatoms. The fourth-order valence-electron chi connectivity index (χ4n) is 2.72.